The van der Waals surface area contributed by atoms with Gasteiger partial charge >= 0.3 is 6.18 Å². The number of alkyl halides is 3. The second kappa shape index (κ2) is 6.63. The predicted molar refractivity (Wildman–Crippen MR) is 100 cm³/mol. The first kappa shape index (κ1) is 19.3. The topological polar surface area (TPSA) is 12.9 Å². The van der Waals surface area contributed by atoms with E-state index in [-0.39, 0.29) is 6.42 Å². The van der Waals surface area contributed by atoms with Crippen LogP contribution in [0.3, 0.4) is 0 Å². The summed E-state index contributed by atoms with van der Waals surface area (Å²) in [6, 6.07) is 11.8. The van der Waals surface area contributed by atoms with Crippen molar-refractivity contribution in [3.8, 4) is 11.3 Å². The molecule has 0 unspecified atom stereocenters. The van der Waals surface area contributed by atoms with Crippen molar-refractivity contribution in [2.75, 3.05) is 0 Å². The van der Waals surface area contributed by atoms with E-state index in [4.69, 9.17) is 0 Å². The van der Waals surface area contributed by atoms with Crippen LogP contribution >= 0.6 is 0 Å². The normalized spacial score (nSPS) is 12.6. The van der Waals surface area contributed by atoms with Crippen LogP contribution in [0.2, 0.25) is 0 Å². The smallest absolute Gasteiger partial charge is 0.248 e. The molecule has 0 atom stereocenters. The van der Waals surface area contributed by atoms with Crippen molar-refractivity contribution in [1.29, 1.82) is 0 Å². The summed E-state index contributed by atoms with van der Waals surface area (Å²) in [6.07, 6.45) is -4.51. The van der Waals surface area contributed by atoms with Crippen molar-refractivity contribution in [3.63, 3.8) is 0 Å². The molecular weight excluding hydrogens is 354 g/mol. The first-order valence-electron chi connectivity index (χ1n) is 8.71. The lowest BCUT2D eigenvalue weighted by molar-refractivity contribution is -0.211. The van der Waals surface area contributed by atoms with E-state index in [1.165, 1.54) is 18.2 Å². The Hall–Kier alpha value is -2.43. The molecule has 0 fully saturated rings. The minimum absolute atomic E-state index is 0.191. The Balaban J connectivity index is 2.08. The minimum Gasteiger partial charge on any atom is -0.248 e. The Morgan fingerprint density at radius 2 is 1.52 bits per heavy atom. The summed E-state index contributed by atoms with van der Waals surface area (Å²) in [4.78, 5) is 4.52. The average Bonchev–Trinajstić information content (AvgIpc) is 2.52. The van der Waals surface area contributed by atoms with E-state index in [0.29, 0.717) is 22.2 Å². The molecule has 0 saturated heterocycles. The lowest BCUT2D eigenvalue weighted by Crippen LogP contribution is -2.34. The fourth-order valence-electron chi connectivity index (χ4n) is 3.22. The van der Waals surface area contributed by atoms with E-state index in [9.17, 15) is 17.6 Å². The summed E-state index contributed by atoms with van der Waals surface area (Å²) in [5, 5.41) is 0.302. The van der Waals surface area contributed by atoms with E-state index in [2.05, 4.69) is 4.98 Å². The number of benzene rings is 2. The number of hydrogen-bond acceptors (Lipinski definition) is 1. The molecule has 1 aromatic heterocycles. The van der Waals surface area contributed by atoms with Crippen LogP contribution in [0, 0.1) is 25.1 Å². The largest absolute Gasteiger partial charge is 0.394 e. The molecule has 0 aliphatic carbocycles. The molecule has 5 heteroatoms. The van der Waals surface area contributed by atoms with Gasteiger partial charge in [0.1, 0.15) is 5.82 Å². The van der Waals surface area contributed by atoms with Crippen LogP contribution < -0.4 is 0 Å². The second-order valence-corrected chi connectivity index (χ2v) is 7.78. The molecule has 0 radical (unpaired) electrons. The summed E-state index contributed by atoms with van der Waals surface area (Å²) >= 11 is 0. The molecule has 3 rings (SSSR count). The summed E-state index contributed by atoms with van der Waals surface area (Å²) in [5.74, 6) is -0.434. The van der Waals surface area contributed by atoms with Crippen LogP contribution in [0.4, 0.5) is 17.6 Å². The van der Waals surface area contributed by atoms with Gasteiger partial charge in [0.2, 0.25) is 0 Å². The maximum Gasteiger partial charge on any atom is 0.394 e. The number of pyridine rings is 1. The summed E-state index contributed by atoms with van der Waals surface area (Å²) in [6.45, 7) is 6.23. The molecule has 2 aromatic carbocycles. The number of aryl methyl sites for hydroxylation is 2. The average molecular weight is 375 g/mol. The van der Waals surface area contributed by atoms with Crippen molar-refractivity contribution in [2.24, 2.45) is 5.41 Å². The molecule has 1 nitrogen and oxygen atoms in total. The maximum absolute atomic E-state index is 14.6. The zero-order valence-corrected chi connectivity index (χ0v) is 15.7. The highest BCUT2D eigenvalue weighted by atomic mass is 19.4. The lowest BCUT2D eigenvalue weighted by atomic mass is 9.85. The van der Waals surface area contributed by atoms with Crippen LogP contribution in [0.15, 0.2) is 42.5 Å². The molecule has 0 N–H and O–H groups in total. The standard InChI is InChI=1S/C22H21F4N/c1-13-7-14(2)9-16(8-13)19-11-18(23)17-6-5-15(10-20(17)27-19)12-21(3,4)22(24,25)26/h5-11H,12H2,1-4H3. The van der Waals surface area contributed by atoms with Gasteiger partial charge < -0.3 is 0 Å². The van der Waals surface area contributed by atoms with Crippen molar-refractivity contribution in [3.05, 3.63) is 65.0 Å². The highest BCUT2D eigenvalue weighted by molar-refractivity contribution is 5.83. The molecule has 0 spiro atoms. The van der Waals surface area contributed by atoms with Crippen molar-refractivity contribution < 1.29 is 17.6 Å². The van der Waals surface area contributed by atoms with Crippen LogP contribution in [0.25, 0.3) is 22.2 Å². The number of hydrogen-bond donors (Lipinski definition) is 0. The summed E-state index contributed by atoms with van der Waals surface area (Å²) in [5.41, 5.74) is 2.30. The molecule has 142 valence electrons. The van der Waals surface area contributed by atoms with Crippen LogP contribution in [0.5, 0.6) is 0 Å². The molecule has 0 aliphatic heterocycles. The SMILES string of the molecule is Cc1cc(C)cc(-c2cc(F)c3ccc(CC(C)(C)C(F)(F)F)cc3n2)c1. The molecule has 1 heterocycles. The third kappa shape index (κ3) is 3.97. The minimum atomic E-state index is -4.32. The number of nitrogens with zero attached hydrogens (tertiary/aromatic N) is 1. The quantitative estimate of drug-likeness (QED) is 0.459. The molecule has 27 heavy (non-hydrogen) atoms. The fraction of sp³-hybridized carbons (Fsp3) is 0.318. The summed E-state index contributed by atoms with van der Waals surface area (Å²) in [7, 11) is 0. The second-order valence-electron chi connectivity index (χ2n) is 7.78. The Bertz CT molecular complexity index is 983. The van der Waals surface area contributed by atoms with Gasteiger partial charge in [0.05, 0.1) is 16.6 Å². The monoisotopic (exact) mass is 375 g/mol. The summed E-state index contributed by atoms with van der Waals surface area (Å²) < 4.78 is 54.1. The number of halogens is 4. The van der Waals surface area contributed by atoms with Gasteiger partial charge in [-0.3, -0.25) is 0 Å². The van der Waals surface area contributed by atoms with Crippen molar-refractivity contribution in [2.45, 2.75) is 40.3 Å². The number of aromatic nitrogens is 1. The van der Waals surface area contributed by atoms with Gasteiger partial charge in [-0.15, -0.1) is 0 Å². The zero-order chi connectivity index (χ0) is 20.0. The molecule has 0 bridgehead atoms. The highest BCUT2D eigenvalue weighted by Crippen LogP contribution is 2.40. The van der Waals surface area contributed by atoms with Gasteiger partial charge in [-0.2, -0.15) is 13.2 Å². The van der Waals surface area contributed by atoms with Gasteiger partial charge in [0.15, 0.2) is 0 Å². The van der Waals surface area contributed by atoms with E-state index < -0.39 is 17.4 Å². The predicted octanol–water partition coefficient (Wildman–Crippen LogP) is 6.79. The first-order chi connectivity index (χ1) is 12.5. The number of rotatable bonds is 3. The lowest BCUT2D eigenvalue weighted by Gasteiger charge is -2.27. The highest BCUT2D eigenvalue weighted by Gasteiger charge is 2.46. The van der Waals surface area contributed by atoms with E-state index in [0.717, 1.165) is 30.5 Å². The van der Waals surface area contributed by atoms with Crippen LogP contribution in [-0.2, 0) is 6.42 Å². The van der Waals surface area contributed by atoms with Gasteiger partial charge in [-0.25, -0.2) is 9.37 Å². The van der Waals surface area contributed by atoms with E-state index in [1.807, 2.05) is 32.0 Å². The van der Waals surface area contributed by atoms with Gasteiger partial charge in [0, 0.05) is 17.0 Å². The van der Waals surface area contributed by atoms with Gasteiger partial charge in [-0.1, -0.05) is 37.1 Å². The molecule has 0 saturated carbocycles. The van der Waals surface area contributed by atoms with Gasteiger partial charge in [-0.05, 0) is 50.1 Å². The van der Waals surface area contributed by atoms with E-state index in [1.54, 1.807) is 6.07 Å². The third-order valence-electron chi connectivity index (χ3n) is 4.75. The van der Waals surface area contributed by atoms with Gasteiger partial charge in [0.25, 0.3) is 0 Å². The molecule has 0 aliphatic rings. The molecular formula is C22H21F4N. The van der Waals surface area contributed by atoms with Crippen molar-refractivity contribution in [1.82, 2.24) is 4.98 Å². The number of fused-ring (bicyclic) bond motifs is 1. The third-order valence-corrected chi connectivity index (χ3v) is 4.75. The molecule has 0 amide bonds. The Morgan fingerprint density at radius 1 is 0.889 bits per heavy atom. The molecule has 3 aromatic rings. The van der Waals surface area contributed by atoms with E-state index >= 15 is 0 Å². The Labute approximate surface area is 156 Å². The maximum atomic E-state index is 14.6. The Kier molecular flexibility index (Phi) is 4.74. The zero-order valence-electron chi connectivity index (χ0n) is 15.7. The van der Waals surface area contributed by atoms with Crippen molar-refractivity contribution >= 4 is 10.9 Å². The Morgan fingerprint density at radius 3 is 2.11 bits per heavy atom. The van der Waals surface area contributed by atoms with Crippen LogP contribution in [-0.4, -0.2) is 11.2 Å². The van der Waals surface area contributed by atoms with Crippen LogP contribution in [0.1, 0.15) is 30.5 Å². The first-order valence-corrected chi connectivity index (χ1v) is 8.71. The fourth-order valence-corrected chi connectivity index (χ4v) is 3.22.